The number of imidazole rings is 1. The van der Waals surface area contributed by atoms with E-state index in [-0.39, 0.29) is 5.69 Å². The number of carbonyl (C=O) groups is 1. The fraction of sp³-hybridized carbons (Fsp3) is 0.333. The summed E-state index contributed by atoms with van der Waals surface area (Å²) in [7, 11) is 0. The van der Waals surface area contributed by atoms with Crippen molar-refractivity contribution in [2.75, 3.05) is 0 Å². The number of rotatable bonds is 3. The lowest BCUT2D eigenvalue weighted by Gasteiger charge is -2.03. The molecule has 2 N–H and O–H groups in total. The Morgan fingerprint density at radius 3 is 2.68 bits per heavy atom. The van der Waals surface area contributed by atoms with Crippen LogP contribution in [0, 0.1) is 13.8 Å². The van der Waals surface area contributed by atoms with Crippen LogP contribution in [0.25, 0.3) is 11.4 Å². The quantitative estimate of drug-likeness (QED) is 0.885. The summed E-state index contributed by atoms with van der Waals surface area (Å²) in [5.41, 5.74) is 4.22. The Morgan fingerprint density at radius 1 is 1.37 bits per heavy atom. The smallest absolute Gasteiger partial charge is 0.356 e. The van der Waals surface area contributed by atoms with Crippen molar-refractivity contribution < 1.29 is 9.90 Å². The summed E-state index contributed by atoms with van der Waals surface area (Å²) in [6, 6.07) is 6.09. The van der Waals surface area contributed by atoms with E-state index >= 15 is 0 Å². The minimum absolute atomic E-state index is 0.178. The van der Waals surface area contributed by atoms with Gasteiger partial charge in [-0.15, -0.1) is 0 Å². The molecular weight excluding hydrogens is 240 g/mol. The normalized spacial score (nSPS) is 14.6. The van der Waals surface area contributed by atoms with E-state index in [0.29, 0.717) is 11.7 Å². The van der Waals surface area contributed by atoms with E-state index in [1.807, 2.05) is 26.0 Å². The van der Waals surface area contributed by atoms with Gasteiger partial charge in [0.1, 0.15) is 5.82 Å². The molecule has 1 aliphatic rings. The van der Waals surface area contributed by atoms with E-state index in [1.54, 1.807) is 0 Å². The van der Waals surface area contributed by atoms with E-state index < -0.39 is 5.97 Å². The first-order chi connectivity index (χ1) is 9.06. The summed E-state index contributed by atoms with van der Waals surface area (Å²) in [5.74, 6) is 0.0593. The van der Waals surface area contributed by atoms with Crippen molar-refractivity contribution in [1.82, 2.24) is 9.97 Å². The largest absolute Gasteiger partial charge is 0.476 e. The highest BCUT2D eigenvalue weighted by Crippen LogP contribution is 2.41. The molecule has 1 heterocycles. The Bertz CT molecular complexity index is 654. The molecular formula is C15H16N2O2. The number of aryl methyl sites for hydroxylation is 2. The number of aromatic carboxylic acids is 1. The average molecular weight is 256 g/mol. The predicted octanol–water partition coefficient (Wildman–Crippen LogP) is 3.27. The van der Waals surface area contributed by atoms with Crippen molar-refractivity contribution >= 4 is 5.97 Å². The van der Waals surface area contributed by atoms with E-state index in [9.17, 15) is 9.90 Å². The van der Waals surface area contributed by atoms with Gasteiger partial charge in [0.05, 0.1) is 5.69 Å². The van der Waals surface area contributed by atoms with E-state index in [4.69, 9.17) is 0 Å². The molecule has 1 fully saturated rings. The minimum Gasteiger partial charge on any atom is -0.476 e. The molecule has 3 rings (SSSR count). The van der Waals surface area contributed by atoms with E-state index in [0.717, 1.165) is 29.7 Å². The Kier molecular flexibility index (Phi) is 2.66. The Balaban J connectivity index is 2.10. The number of aromatic amines is 1. The molecule has 2 aromatic rings. The third-order valence-corrected chi connectivity index (χ3v) is 3.56. The van der Waals surface area contributed by atoms with Crippen LogP contribution in [-0.2, 0) is 0 Å². The molecule has 0 spiro atoms. The van der Waals surface area contributed by atoms with Gasteiger partial charge in [0, 0.05) is 11.5 Å². The van der Waals surface area contributed by atoms with Crippen LogP contribution in [0.4, 0.5) is 0 Å². The molecule has 0 atom stereocenters. The maximum atomic E-state index is 11.3. The number of benzene rings is 1. The summed E-state index contributed by atoms with van der Waals surface area (Å²) in [5, 5.41) is 9.23. The molecule has 4 heteroatoms. The van der Waals surface area contributed by atoms with Gasteiger partial charge in [-0.1, -0.05) is 23.8 Å². The molecule has 0 saturated heterocycles. The third kappa shape index (κ3) is 2.14. The van der Waals surface area contributed by atoms with Crippen LogP contribution in [0.3, 0.4) is 0 Å². The molecule has 0 radical (unpaired) electrons. The first-order valence-corrected chi connectivity index (χ1v) is 6.47. The number of nitrogens with zero attached hydrogens (tertiary/aromatic N) is 1. The summed E-state index contributed by atoms with van der Waals surface area (Å²) in [4.78, 5) is 18.7. The topological polar surface area (TPSA) is 66.0 Å². The number of hydrogen-bond acceptors (Lipinski definition) is 2. The Labute approximate surface area is 111 Å². The summed E-state index contributed by atoms with van der Waals surface area (Å²) >= 11 is 0. The lowest BCUT2D eigenvalue weighted by molar-refractivity contribution is 0.0690. The summed E-state index contributed by atoms with van der Waals surface area (Å²) in [6.07, 6.45) is 2.10. The molecule has 19 heavy (non-hydrogen) atoms. The lowest BCUT2D eigenvalue weighted by atomic mass is 10.1. The van der Waals surface area contributed by atoms with Crippen molar-refractivity contribution in [3.63, 3.8) is 0 Å². The zero-order valence-corrected chi connectivity index (χ0v) is 11.0. The van der Waals surface area contributed by atoms with Gasteiger partial charge in [-0.3, -0.25) is 0 Å². The second kappa shape index (κ2) is 4.23. The van der Waals surface area contributed by atoms with Crippen LogP contribution in [0.2, 0.25) is 0 Å². The number of nitrogens with one attached hydrogen (secondary N) is 1. The molecule has 4 nitrogen and oxygen atoms in total. The molecule has 0 aliphatic heterocycles. The molecule has 1 saturated carbocycles. The highest BCUT2D eigenvalue weighted by molar-refractivity contribution is 5.88. The first kappa shape index (κ1) is 12.0. The second-order valence-electron chi connectivity index (χ2n) is 5.25. The fourth-order valence-corrected chi connectivity index (χ4v) is 2.42. The molecule has 0 amide bonds. The second-order valence-corrected chi connectivity index (χ2v) is 5.25. The first-order valence-electron chi connectivity index (χ1n) is 6.47. The van der Waals surface area contributed by atoms with Crippen molar-refractivity contribution in [3.05, 3.63) is 40.7 Å². The number of carboxylic acid groups (broad SMARTS) is 1. The molecule has 1 aromatic carbocycles. The maximum Gasteiger partial charge on any atom is 0.356 e. The number of H-pyrrole nitrogens is 1. The Hall–Kier alpha value is -2.10. The SMILES string of the molecule is Cc1ccc(-c2nc(C(=O)O)c(C3CC3)[nH]2)c(C)c1. The molecule has 1 aliphatic carbocycles. The van der Waals surface area contributed by atoms with Crippen molar-refractivity contribution in [2.24, 2.45) is 0 Å². The van der Waals surface area contributed by atoms with Crippen LogP contribution in [0.5, 0.6) is 0 Å². The van der Waals surface area contributed by atoms with Crippen molar-refractivity contribution in [3.8, 4) is 11.4 Å². The van der Waals surface area contributed by atoms with E-state index in [1.165, 1.54) is 5.56 Å². The van der Waals surface area contributed by atoms with Gasteiger partial charge in [-0.25, -0.2) is 9.78 Å². The van der Waals surface area contributed by atoms with Crippen LogP contribution in [0.15, 0.2) is 18.2 Å². The third-order valence-electron chi connectivity index (χ3n) is 3.56. The van der Waals surface area contributed by atoms with Gasteiger partial charge < -0.3 is 10.1 Å². The van der Waals surface area contributed by atoms with Crippen molar-refractivity contribution in [2.45, 2.75) is 32.6 Å². The Morgan fingerprint density at radius 2 is 2.11 bits per heavy atom. The minimum atomic E-state index is -0.950. The van der Waals surface area contributed by atoms with Crippen LogP contribution in [0.1, 0.15) is 46.1 Å². The highest BCUT2D eigenvalue weighted by atomic mass is 16.4. The van der Waals surface area contributed by atoms with Crippen molar-refractivity contribution in [1.29, 1.82) is 0 Å². The van der Waals surface area contributed by atoms with Gasteiger partial charge in [0.2, 0.25) is 0 Å². The molecule has 98 valence electrons. The van der Waals surface area contributed by atoms with Gasteiger partial charge in [-0.2, -0.15) is 0 Å². The maximum absolute atomic E-state index is 11.3. The number of carboxylic acids is 1. The van der Waals surface area contributed by atoms with Crippen LogP contribution >= 0.6 is 0 Å². The lowest BCUT2D eigenvalue weighted by Crippen LogP contribution is -2.00. The monoisotopic (exact) mass is 256 g/mol. The van der Waals surface area contributed by atoms with Gasteiger partial charge in [-0.05, 0) is 32.3 Å². The molecule has 1 aromatic heterocycles. The molecule has 0 unspecified atom stereocenters. The highest BCUT2D eigenvalue weighted by Gasteiger charge is 2.31. The summed E-state index contributed by atoms with van der Waals surface area (Å²) in [6.45, 7) is 4.05. The average Bonchev–Trinajstić information content (AvgIpc) is 3.09. The fourth-order valence-electron chi connectivity index (χ4n) is 2.42. The number of hydrogen-bond donors (Lipinski definition) is 2. The standard InChI is InChI=1S/C15H16N2O2/c1-8-3-6-11(9(2)7-8)14-16-12(10-4-5-10)13(17-14)15(18)19/h3,6-7,10H,4-5H2,1-2H3,(H,16,17)(H,18,19). The van der Waals surface area contributed by atoms with Crippen LogP contribution in [-0.4, -0.2) is 21.0 Å². The van der Waals surface area contributed by atoms with Gasteiger partial charge in [0.25, 0.3) is 0 Å². The van der Waals surface area contributed by atoms with Gasteiger partial charge >= 0.3 is 5.97 Å². The molecule has 0 bridgehead atoms. The van der Waals surface area contributed by atoms with Gasteiger partial charge in [0.15, 0.2) is 5.69 Å². The zero-order valence-electron chi connectivity index (χ0n) is 11.0. The predicted molar refractivity (Wildman–Crippen MR) is 72.4 cm³/mol. The van der Waals surface area contributed by atoms with E-state index in [2.05, 4.69) is 16.0 Å². The zero-order chi connectivity index (χ0) is 13.6. The van der Waals surface area contributed by atoms with Crippen LogP contribution < -0.4 is 0 Å². The summed E-state index contributed by atoms with van der Waals surface area (Å²) < 4.78 is 0. The number of aromatic nitrogens is 2.